The number of rotatable bonds is 6. The Kier molecular flexibility index (Phi) is 5.26. The molecule has 4 nitrogen and oxygen atoms in total. The van der Waals surface area contributed by atoms with Crippen molar-refractivity contribution in [1.29, 1.82) is 0 Å². The van der Waals surface area contributed by atoms with E-state index >= 15 is 0 Å². The van der Waals surface area contributed by atoms with Crippen molar-refractivity contribution in [1.82, 2.24) is 15.1 Å². The number of nitrogens with zero attached hydrogens (tertiary/aromatic N) is 2. The van der Waals surface area contributed by atoms with Crippen molar-refractivity contribution in [2.45, 2.75) is 40.0 Å². The summed E-state index contributed by atoms with van der Waals surface area (Å²) in [5.41, 5.74) is 3.20. The average molecular weight is 308 g/mol. The summed E-state index contributed by atoms with van der Waals surface area (Å²) in [5.74, 6) is 0.699. The molecule has 21 heavy (non-hydrogen) atoms. The zero-order valence-corrected chi connectivity index (χ0v) is 13.7. The molecule has 1 atom stereocenters. The van der Waals surface area contributed by atoms with Gasteiger partial charge in [-0.15, -0.1) is 0 Å². The molecule has 0 spiro atoms. The van der Waals surface area contributed by atoms with Crippen LogP contribution in [-0.2, 0) is 13.2 Å². The quantitative estimate of drug-likeness (QED) is 0.884. The Labute approximate surface area is 131 Å². The molecule has 1 aromatic carbocycles. The average Bonchev–Trinajstić information content (AvgIpc) is 2.85. The van der Waals surface area contributed by atoms with E-state index in [0.29, 0.717) is 17.4 Å². The van der Waals surface area contributed by atoms with Crippen molar-refractivity contribution in [3.63, 3.8) is 0 Å². The second-order valence-corrected chi connectivity index (χ2v) is 5.49. The van der Waals surface area contributed by atoms with Crippen molar-refractivity contribution in [3.05, 3.63) is 46.2 Å². The van der Waals surface area contributed by atoms with Gasteiger partial charge in [0.15, 0.2) is 0 Å². The van der Waals surface area contributed by atoms with E-state index < -0.39 is 0 Å². The third-order valence-electron chi connectivity index (χ3n) is 3.55. The second kappa shape index (κ2) is 6.96. The van der Waals surface area contributed by atoms with Gasteiger partial charge in [-0.25, -0.2) is 0 Å². The van der Waals surface area contributed by atoms with E-state index in [-0.39, 0.29) is 6.04 Å². The molecule has 0 radical (unpaired) electrons. The Morgan fingerprint density at radius 2 is 2.14 bits per heavy atom. The standard InChI is InChI=1S/C16H22ClN3O/c1-5-20-14(8-11(2)19-20)10-21-16-7-6-13(9-15(16)17)12(3)18-4/h6-9,12,18H,5,10H2,1-4H3. The van der Waals surface area contributed by atoms with Crippen molar-refractivity contribution >= 4 is 11.6 Å². The van der Waals surface area contributed by atoms with Crippen LogP contribution in [0, 0.1) is 6.92 Å². The maximum atomic E-state index is 6.30. The predicted molar refractivity (Wildman–Crippen MR) is 85.9 cm³/mol. The maximum Gasteiger partial charge on any atom is 0.138 e. The molecule has 2 rings (SSSR count). The molecular weight excluding hydrogens is 286 g/mol. The Morgan fingerprint density at radius 1 is 1.38 bits per heavy atom. The van der Waals surface area contributed by atoms with Crippen LogP contribution in [-0.4, -0.2) is 16.8 Å². The van der Waals surface area contributed by atoms with Crippen LogP contribution in [0.3, 0.4) is 0 Å². The minimum atomic E-state index is 0.265. The predicted octanol–water partition coefficient (Wildman–Crippen LogP) is 3.72. The highest BCUT2D eigenvalue weighted by Gasteiger charge is 2.09. The molecule has 0 amide bonds. The highest BCUT2D eigenvalue weighted by atomic mass is 35.5. The molecule has 1 aromatic heterocycles. The maximum absolute atomic E-state index is 6.30. The Balaban J connectivity index is 2.09. The number of hydrogen-bond acceptors (Lipinski definition) is 3. The van der Waals surface area contributed by atoms with Gasteiger partial charge in [-0.2, -0.15) is 5.10 Å². The van der Waals surface area contributed by atoms with Gasteiger partial charge in [0.25, 0.3) is 0 Å². The summed E-state index contributed by atoms with van der Waals surface area (Å²) in [7, 11) is 1.93. The molecule has 0 saturated heterocycles. The van der Waals surface area contributed by atoms with Crippen LogP contribution in [0.4, 0.5) is 0 Å². The summed E-state index contributed by atoms with van der Waals surface area (Å²) in [5, 5.41) is 8.23. The van der Waals surface area contributed by atoms with E-state index in [1.165, 1.54) is 0 Å². The fourth-order valence-electron chi connectivity index (χ4n) is 2.21. The van der Waals surface area contributed by atoms with Crippen molar-refractivity contribution < 1.29 is 4.74 Å². The van der Waals surface area contributed by atoms with Crippen LogP contribution >= 0.6 is 11.6 Å². The van der Waals surface area contributed by atoms with Gasteiger partial charge in [-0.1, -0.05) is 17.7 Å². The summed E-state index contributed by atoms with van der Waals surface area (Å²) in [6.07, 6.45) is 0. The van der Waals surface area contributed by atoms with Gasteiger partial charge in [-0.05, 0) is 51.6 Å². The molecule has 0 saturated carbocycles. The monoisotopic (exact) mass is 307 g/mol. The van der Waals surface area contributed by atoms with Crippen LogP contribution in [0.1, 0.15) is 36.8 Å². The normalized spacial score (nSPS) is 12.4. The van der Waals surface area contributed by atoms with Crippen molar-refractivity contribution in [2.24, 2.45) is 0 Å². The van der Waals surface area contributed by atoms with Crippen LogP contribution in [0.5, 0.6) is 5.75 Å². The number of aromatic nitrogens is 2. The SMILES string of the molecule is CCn1nc(C)cc1COc1ccc(C(C)NC)cc1Cl. The van der Waals surface area contributed by atoms with Gasteiger partial charge in [-0.3, -0.25) is 4.68 Å². The molecule has 0 aliphatic heterocycles. The fourth-order valence-corrected chi connectivity index (χ4v) is 2.45. The molecule has 0 fully saturated rings. The molecule has 1 N–H and O–H groups in total. The van der Waals surface area contributed by atoms with Crippen molar-refractivity contribution in [3.8, 4) is 5.75 Å². The third-order valence-corrected chi connectivity index (χ3v) is 3.84. The lowest BCUT2D eigenvalue weighted by atomic mass is 10.1. The van der Waals surface area contributed by atoms with E-state index in [9.17, 15) is 0 Å². The second-order valence-electron chi connectivity index (χ2n) is 5.08. The highest BCUT2D eigenvalue weighted by Crippen LogP contribution is 2.28. The molecule has 1 heterocycles. The summed E-state index contributed by atoms with van der Waals surface area (Å²) in [6.45, 7) is 7.44. The number of hydrogen-bond donors (Lipinski definition) is 1. The minimum Gasteiger partial charge on any atom is -0.486 e. The molecule has 2 aromatic rings. The van der Waals surface area contributed by atoms with Gasteiger partial charge < -0.3 is 10.1 Å². The first-order chi connectivity index (χ1) is 10.0. The molecule has 0 aliphatic carbocycles. The molecule has 0 aliphatic rings. The zero-order chi connectivity index (χ0) is 15.4. The number of aryl methyl sites for hydroxylation is 2. The van der Waals surface area contributed by atoms with Crippen LogP contribution in [0.25, 0.3) is 0 Å². The molecule has 5 heteroatoms. The highest BCUT2D eigenvalue weighted by molar-refractivity contribution is 6.32. The van der Waals surface area contributed by atoms with Gasteiger partial charge >= 0.3 is 0 Å². The zero-order valence-electron chi connectivity index (χ0n) is 13.0. The van der Waals surface area contributed by atoms with Gasteiger partial charge in [0.1, 0.15) is 12.4 Å². The molecule has 1 unspecified atom stereocenters. The number of benzene rings is 1. The fraction of sp³-hybridized carbons (Fsp3) is 0.438. The first-order valence-corrected chi connectivity index (χ1v) is 7.55. The van der Waals surface area contributed by atoms with E-state index in [0.717, 1.165) is 23.5 Å². The molecule has 114 valence electrons. The first kappa shape index (κ1) is 15.9. The number of nitrogens with one attached hydrogen (secondary N) is 1. The molecule has 0 bridgehead atoms. The van der Waals surface area contributed by atoms with Crippen LogP contribution in [0.2, 0.25) is 5.02 Å². The lowest BCUT2D eigenvalue weighted by molar-refractivity contribution is 0.292. The third kappa shape index (κ3) is 3.77. The van der Waals surface area contributed by atoms with Crippen molar-refractivity contribution in [2.75, 3.05) is 7.05 Å². The van der Waals surface area contributed by atoms with E-state index in [2.05, 4.69) is 24.3 Å². The van der Waals surface area contributed by atoms with E-state index in [4.69, 9.17) is 16.3 Å². The smallest absolute Gasteiger partial charge is 0.138 e. The van der Waals surface area contributed by atoms with Gasteiger partial charge in [0.05, 0.1) is 16.4 Å². The summed E-state index contributed by atoms with van der Waals surface area (Å²) in [4.78, 5) is 0. The minimum absolute atomic E-state index is 0.265. The number of halogens is 1. The molecular formula is C16H22ClN3O. The largest absolute Gasteiger partial charge is 0.486 e. The van der Waals surface area contributed by atoms with Gasteiger partial charge in [0, 0.05) is 12.6 Å². The topological polar surface area (TPSA) is 39.1 Å². The summed E-state index contributed by atoms with van der Waals surface area (Å²) < 4.78 is 7.78. The van der Waals surface area contributed by atoms with Crippen LogP contribution in [0.15, 0.2) is 24.3 Å². The Morgan fingerprint density at radius 3 is 2.76 bits per heavy atom. The number of ether oxygens (including phenoxy) is 1. The first-order valence-electron chi connectivity index (χ1n) is 7.18. The summed E-state index contributed by atoms with van der Waals surface area (Å²) >= 11 is 6.30. The lowest BCUT2D eigenvalue weighted by Gasteiger charge is -2.13. The summed E-state index contributed by atoms with van der Waals surface area (Å²) in [6, 6.07) is 8.20. The Bertz CT molecular complexity index is 610. The van der Waals surface area contributed by atoms with E-state index in [1.807, 2.05) is 42.9 Å². The van der Waals surface area contributed by atoms with E-state index in [1.54, 1.807) is 0 Å². The lowest BCUT2D eigenvalue weighted by Crippen LogP contribution is -2.12. The van der Waals surface area contributed by atoms with Crippen LogP contribution < -0.4 is 10.1 Å². The van der Waals surface area contributed by atoms with Gasteiger partial charge in [0.2, 0.25) is 0 Å². The Hall–Kier alpha value is -1.52.